The molecule has 0 aromatic heterocycles. The quantitative estimate of drug-likeness (QED) is 0.813. The van der Waals surface area contributed by atoms with Crippen LogP contribution in [0.4, 0.5) is 5.69 Å². The number of aliphatic hydroxyl groups excluding tert-OH is 1. The molecule has 0 radical (unpaired) electrons. The van der Waals surface area contributed by atoms with Crippen LogP contribution in [-0.2, 0) is 6.61 Å². The van der Waals surface area contributed by atoms with E-state index < -0.39 is 0 Å². The Morgan fingerprint density at radius 2 is 2.17 bits per heavy atom. The third kappa shape index (κ3) is 2.78. The first kappa shape index (κ1) is 13.2. The average Bonchev–Trinajstić information content (AvgIpc) is 3.11. The van der Waals surface area contributed by atoms with E-state index in [0.29, 0.717) is 18.1 Å². The number of hydrogen-bond acceptors (Lipinski definition) is 3. The van der Waals surface area contributed by atoms with Crippen molar-refractivity contribution in [1.29, 1.82) is 0 Å². The van der Waals surface area contributed by atoms with Crippen LogP contribution in [0.3, 0.4) is 0 Å². The Balaban J connectivity index is 2.09. The van der Waals surface area contributed by atoms with Gasteiger partial charge >= 0.3 is 0 Å². The minimum atomic E-state index is 0.0104. The molecular formula is C15H23NO2. The van der Waals surface area contributed by atoms with Crippen molar-refractivity contribution in [3.05, 3.63) is 23.8 Å². The van der Waals surface area contributed by atoms with Gasteiger partial charge < -0.3 is 15.2 Å². The van der Waals surface area contributed by atoms with E-state index in [1.165, 1.54) is 12.8 Å². The van der Waals surface area contributed by atoms with Gasteiger partial charge in [0.1, 0.15) is 5.75 Å². The second kappa shape index (κ2) is 5.19. The Bertz CT molecular complexity index is 413. The third-order valence-corrected chi connectivity index (χ3v) is 4.00. The van der Waals surface area contributed by atoms with Crippen molar-refractivity contribution in [2.45, 2.75) is 46.3 Å². The number of aliphatic hydroxyl groups is 1. The van der Waals surface area contributed by atoms with E-state index in [0.717, 1.165) is 17.0 Å². The second-order valence-corrected chi connectivity index (χ2v) is 5.43. The molecule has 1 aliphatic carbocycles. The predicted molar refractivity (Wildman–Crippen MR) is 74.0 cm³/mol. The lowest BCUT2D eigenvalue weighted by Gasteiger charge is -2.22. The summed E-state index contributed by atoms with van der Waals surface area (Å²) in [6.07, 6.45) is 2.59. The maximum absolute atomic E-state index is 9.37. The van der Waals surface area contributed by atoms with E-state index >= 15 is 0 Å². The molecule has 3 nitrogen and oxygen atoms in total. The highest BCUT2D eigenvalue weighted by Gasteiger charge is 2.42. The lowest BCUT2D eigenvalue weighted by atomic mass is 10.0. The molecule has 1 fully saturated rings. The molecule has 1 atom stereocenters. The summed E-state index contributed by atoms with van der Waals surface area (Å²) in [6.45, 7) is 7.11. The Hall–Kier alpha value is -1.22. The van der Waals surface area contributed by atoms with Gasteiger partial charge in [0.15, 0.2) is 0 Å². The molecule has 100 valence electrons. The standard InChI is InChI=1S/C15H23NO2/c1-4-18-14-6-5-13(9-12(14)10-17)16-11(2)15(3)7-8-15/h5-6,9,11,16-17H,4,7-8,10H2,1-3H3. The van der Waals surface area contributed by atoms with E-state index in [2.05, 4.69) is 19.2 Å². The van der Waals surface area contributed by atoms with Gasteiger partial charge in [-0.15, -0.1) is 0 Å². The zero-order valence-electron chi connectivity index (χ0n) is 11.5. The Kier molecular flexibility index (Phi) is 3.81. The van der Waals surface area contributed by atoms with Crippen molar-refractivity contribution in [3.8, 4) is 5.75 Å². The highest BCUT2D eigenvalue weighted by Crippen LogP contribution is 2.48. The van der Waals surface area contributed by atoms with Crippen molar-refractivity contribution in [2.24, 2.45) is 5.41 Å². The number of anilines is 1. The number of benzene rings is 1. The minimum absolute atomic E-state index is 0.0104. The minimum Gasteiger partial charge on any atom is -0.494 e. The van der Waals surface area contributed by atoms with E-state index in [1.54, 1.807) is 0 Å². The van der Waals surface area contributed by atoms with Crippen molar-refractivity contribution >= 4 is 5.69 Å². The summed E-state index contributed by atoms with van der Waals surface area (Å²) >= 11 is 0. The monoisotopic (exact) mass is 249 g/mol. The maximum atomic E-state index is 9.37. The summed E-state index contributed by atoms with van der Waals surface area (Å²) in [5.74, 6) is 0.774. The molecule has 0 amide bonds. The van der Waals surface area contributed by atoms with Crippen LogP contribution < -0.4 is 10.1 Å². The summed E-state index contributed by atoms with van der Waals surface area (Å²) in [4.78, 5) is 0. The van der Waals surface area contributed by atoms with Crippen LogP contribution in [0, 0.1) is 5.41 Å². The fourth-order valence-electron chi connectivity index (χ4n) is 2.14. The molecule has 0 spiro atoms. The molecule has 0 saturated heterocycles. The molecule has 0 aliphatic heterocycles. The van der Waals surface area contributed by atoms with Crippen molar-refractivity contribution in [2.75, 3.05) is 11.9 Å². The van der Waals surface area contributed by atoms with Crippen LogP contribution >= 0.6 is 0 Å². The highest BCUT2D eigenvalue weighted by atomic mass is 16.5. The number of hydrogen-bond donors (Lipinski definition) is 2. The SMILES string of the molecule is CCOc1ccc(NC(C)C2(C)CC2)cc1CO. The van der Waals surface area contributed by atoms with Crippen LogP contribution in [0.1, 0.15) is 39.2 Å². The molecule has 1 unspecified atom stereocenters. The number of nitrogens with one attached hydrogen (secondary N) is 1. The molecule has 2 N–H and O–H groups in total. The smallest absolute Gasteiger partial charge is 0.124 e. The van der Waals surface area contributed by atoms with Gasteiger partial charge in [-0.25, -0.2) is 0 Å². The van der Waals surface area contributed by atoms with Gasteiger partial charge in [-0.1, -0.05) is 6.92 Å². The zero-order chi connectivity index (χ0) is 13.2. The van der Waals surface area contributed by atoms with Crippen LogP contribution in [-0.4, -0.2) is 17.8 Å². The van der Waals surface area contributed by atoms with Crippen molar-refractivity contribution in [3.63, 3.8) is 0 Å². The second-order valence-electron chi connectivity index (χ2n) is 5.43. The maximum Gasteiger partial charge on any atom is 0.124 e. The summed E-state index contributed by atoms with van der Waals surface area (Å²) in [5.41, 5.74) is 2.34. The Morgan fingerprint density at radius 1 is 1.44 bits per heavy atom. The molecule has 0 heterocycles. The van der Waals surface area contributed by atoms with E-state index in [4.69, 9.17) is 4.74 Å². The zero-order valence-corrected chi connectivity index (χ0v) is 11.5. The highest BCUT2D eigenvalue weighted by molar-refractivity contribution is 5.52. The van der Waals surface area contributed by atoms with Gasteiger partial charge in [-0.05, 0) is 50.3 Å². The van der Waals surface area contributed by atoms with Crippen LogP contribution in [0.5, 0.6) is 5.75 Å². The summed E-state index contributed by atoms with van der Waals surface area (Å²) < 4.78 is 5.48. The van der Waals surface area contributed by atoms with Crippen molar-refractivity contribution in [1.82, 2.24) is 0 Å². The van der Waals surface area contributed by atoms with Gasteiger partial charge in [0.2, 0.25) is 0 Å². The molecular weight excluding hydrogens is 226 g/mol. The van der Waals surface area contributed by atoms with E-state index in [-0.39, 0.29) is 6.61 Å². The fraction of sp³-hybridized carbons (Fsp3) is 0.600. The average molecular weight is 249 g/mol. The number of rotatable bonds is 6. The first-order valence-corrected chi connectivity index (χ1v) is 6.72. The molecule has 2 rings (SSSR count). The molecule has 1 aromatic rings. The Labute approximate surface area is 109 Å². The third-order valence-electron chi connectivity index (χ3n) is 4.00. The Morgan fingerprint density at radius 3 is 2.72 bits per heavy atom. The molecule has 1 saturated carbocycles. The van der Waals surface area contributed by atoms with Gasteiger partial charge in [0.05, 0.1) is 13.2 Å². The first-order valence-electron chi connectivity index (χ1n) is 6.72. The lowest BCUT2D eigenvalue weighted by molar-refractivity contribution is 0.267. The lowest BCUT2D eigenvalue weighted by Crippen LogP contribution is -2.24. The summed E-state index contributed by atoms with van der Waals surface area (Å²) in [5, 5.41) is 12.9. The summed E-state index contributed by atoms with van der Waals surface area (Å²) in [6, 6.07) is 6.39. The van der Waals surface area contributed by atoms with Gasteiger partial charge in [-0.3, -0.25) is 0 Å². The number of ether oxygens (including phenoxy) is 1. The van der Waals surface area contributed by atoms with Gasteiger partial charge in [0.25, 0.3) is 0 Å². The van der Waals surface area contributed by atoms with Gasteiger partial charge in [0, 0.05) is 17.3 Å². The van der Waals surface area contributed by atoms with E-state index in [1.807, 2.05) is 25.1 Å². The molecule has 3 heteroatoms. The molecule has 18 heavy (non-hydrogen) atoms. The summed E-state index contributed by atoms with van der Waals surface area (Å²) in [7, 11) is 0. The molecule has 1 aliphatic rings. The first-order chi connectivity index (χ1) is 8.59. The molecule has 1 aromatic carbocycles. The van der Waals surface area contributed by atoms with Crippen LogP contribution in [0.25, 0.3) is 0 Å². The fourth-order valence-corrected chi connectivity index (χ4v) is 2.14. The predicted octanol–water partition coefficient (Wildman–Crippen LogP) is 3.18. The van der Waals surface area contributed by atoms with Crippen molar-refractivity contribution < 1.29 is 9.84 Å². The van der Waals surface area contributed by atoms with E-state index in [9.17, 15) is 5.11 Å². The largest absolute Gasteiger partial charge is 0.494 e. The van der Waals surface area contributed by atoms with Gasteiger partial charge in [-0.2, -0.15) is 0 Å². The normalized spacial score (nSPS) is 18.2. The topological polar surface area (TPSA) is 41.5 Å². The van der Waals surface area contributed by atoms with Crippen LogP contribution in [0.15, 0.2) is 18.2 Å². The molecule has 0 bridgehead atoms. The van der Waals surface area contributed by atoms with Crippen LogP contribution in [0.2, 0.25) is 0 Å².